The number of benzene rings is 1. The molecule has 2 fully saturated rings. The largest absolute Gasteiger partial charge is 0.309 e. The summed E-state index contributed by atoms with van der Waals surface area (Å²) in [5, 5.41) is 3.72. The molecule has 1 saturated carbocycles. The molecule has 1 N–H and O–H groups in total. The molecule has 0 radical (unpaired) electrons. The van der Waals surface area contributed by atoms with Crippen LogP contribution in [0.2, 0.25) is 0 Å². The second-order valence-electron chi connectivity index (χ2n) is 7.39. The van der Waals surface area contributed by atoms with Crippen molar-refractivity contribution < 1.29 is 0 Å². The van der Waals surface area contributed by atoms with Gasteiger partial charge in [0.15, 0.2) is 0 Å². The lowest BCUT2D eigenvalue weighted by Crippen LogP contribution is -2.60. The molecule has 1 aliphatic heterocycles. The SMILES string of the molecule is CC(CC1CC1)N1CC(C)(C)NCC1c1ccccc1. The van der Waals surface area contributed by atoms with Crippen LogP contribution in [0.3, 0.4) is 0 Å². The second kappa shape index (κ2) is 5.50. The Kier molecular flexibility index (Phi) is 3.87. The smallest absolute Gasteiger partial charge is 0.0476 e. The second-order valence-corrected chi connectivity index (χ2v) is 7.39. The average molecular weight is 272 g/mol. The van der Waals surface area contributed by atoms with E-state index >= 15 is 0 Å². The van der Waals surface area contributed by atoms with Gasteiger partial charge < -0.3 is 5.32 Å². The van der Waals surface area contributed by atoms with Crippen molar-refractivity contribution in [1.82, 2.24) is 10.2 Å². The molecule has 20 heavy (non-hydrogen) atoms. The quantitative estimate of drug-likeness (QED) is 0.901. The molecule has 2 unspecified atom stereocenters. The minimum absolute atomic E-state index is 0.225. The van der Waals surface area contributed by atoms with Gasteiger partial charge in [0, 0.05) is 30.7 Å². The Morgan fingerprint density at radius 3 is 2.60 bits per heavy atom. The number of hydrogen-bond donors (Lipinski definition) is 1. The van der Waals surface area contributed by atoms with Gasteiger partial charge in [-0.15, -0.1) is 0 Å². The van der Waals surface area contributed by atoms with Crippen molar-refractivity contribution in [3.8, 4) is 0 Å². The third kappa shape index (κ3) is 3.24. The Labute approximate surface area is 123 Å². The highest BCUT2D eigenvalue weighted by Crippen LogP contribution is 2.37. The third-order valence-corrected chi connectivity index (χ3v) is 4.87. The molecule has 0 spiro atoms. The lowest BCUT2D eigenvalue weighted by atomic mass is 9.92. The van der Waals surface area contributed by atoms with Gasteiger partial charge in [0.25, 0.3) is 0 Å². The Morgan fingerprint density at radius 1 is 1.25 bits per heavy atom. The number of rotatable bonds is 4. The molecule has 110 valence electrons. The summed E-state index contributed by atoms with van der Waals surface area (Å²) in [4.78, 5) is 2.74. The fourth-order valence-corrected chi connectivity index (χ4v) is 3.53. The Morgan fingerprint density at radius 2 is 1.95 bits per heavy atom. The lowest BCUT2D eigenvalue weighted by molar-refractivity contribution is 0.0543. The van der Waals surface area contributed by atoms with Crippen LogP contribution in [0.15, 0.2) is 30.3 Å². The topological polar surface area (TPSA) is 15.3 Å². The molecule has 2 nitrogen and oxygen atoms in total. The van der Waals surface area contributed by atoms with E-state index in [1.54, 1.807) is 0 Å². The van der Waals surface area contributed by atoms with E-state index in [1.165, 1.54) is 24.8 Å². The van der Waals surface area contributed by atoms with E-state index < -0.39 is 0 Å². The van der Waals surface area contributed by atoms with Crippen molar-refractivity contribution in [2.24, 2.45) is 5.92 Å². The van der Waals surface area contributed by atoms with E-state index in [9.17, 15) is 0 Å². The van der Waals surface area contributed by atoms with Gasteiger partial charge in [-0.2, -0.15) is 0 Å². The van der Waals surface area contributed by atoms with Crippen LogP contribution in [-0.4, -0.2) is 29.6 Å². The van der Waals surface area contributed by atoms with Crippen LogP contribution in [0.5, 0.6) is 0 Å². The van der Waals surface area contributed by atoms with Gasteiger partial charge in [-0.25, -0.2) is 0 Å². The molecule has 2 aliphatic rings. The molecule has 1 aliphatic carbocycles. The monoisotopic (exact) mass is 272 g/mol. The Hall–Kier alpha value is -0.860. The zero-order valence-corrected chi connectivity index (χ0v) is 13.1. The van der Waals surface area contributed by atoms with E-state index in [2.05, 4.69) is 61.3 Å². The molecule has 1 heterocycles. The first kappa shape index (κ1) is 14.1. The molecule has 0 bridgehead atoms. The predicted molar refractivity (Wildman–Crippen MR) is 84.8 cm³/mol. The molecule has 1 aromatic rings. The van der Waals surface area contributed by atoms with E-state index in [0.29, 0.717) is 12.1 Å². The van der Waals surface area contributed by atoms with Crippen LogP contribution in [-0.2, 0) is 0 Å². The summed E-state index contributed by atoms with van der Waals surface area (Å²) in [5.74, 6) is 0.999. The standard InChI is InChI=1S/C18H28N2/c1-14(11-15-9-10-15)20-13-18(2,3)19-12-17(20)16-7-5-4-6-8-16/h4-8,14-15,17,19H,9-13H2,1-3H3. The van der Waals surface area contributed by atoms with Crippen molar-refractivity contribution >= 4 is 0 Å². The lowest BCUT2D eigenvalue weighted by Gasteiger charge is -2.47. The van der Waals surface area contributed by atoms with Gasteiger partial charge in [0.05, 0.1) is 0 Å². The van der Waals surface area contributed by atoms with Crippen LogP contribution in [0, 0.1) is 5.92 Å². The summed E-state index contributed by atoms with van der Waals surface area (Å²) in [6.45, 7) is 9.28. The normalized spacial score (nSPS) is 28.2. The van der Waals surface area contributed by atoms with Crippen molar-refractivity contribution in [1.29, 1.82) is 0 Å². The molecule has 2 heteroatoms. The predicted octanol–water partition coefficient (Wildman–Crippen LogP) is 3.60. The van der Waals surface area contributed by atoms with Crippen molar-refractivity contribution in [2.45, 2.75) is 57.7 Å². The third-order valence-electron chi connectivity index (χ3n) is 4.87. The van der Waals surface area contributed by atoms with Crippen molar-refractivity contribution in [3.63, 3.8) is 0 Å². The highest BCUT2D eigenvalue weighted by molar-refractivity contribution is 5.21. The van der Waals surface area contributed by atoms with E-state index in [0.717, 1.165) is 19.0 Å². The molecule has 0 amide bonds. The first-order valence-corrected chi connectivity index (χ1v) is 8.11. The summed E-state index contributed by atoms with van der Waals surface area (Å²) in [6, 6.07) is 12.2. The zero-order chi connectivity index (χ0) is 14.2. The summed E-state index contributed by atoms with van der Waals surface area (Å²) in [6.07, 6.45) is 4.28. The average Bonchev–Trinajstić information content (AvgIpc) is 3.22. The van der Waals surface area contributed by atoms with Crippen LogP contribution < -0.4 is 5.32 Å². The first-order valence-electron chi connectivity index (χ1n) is 8.11. The molecular weight excluding hydrogens is 244 g/mol. The van der Waals surface area contributed by atoms with Gasteiger partial charge in [0.2, 0.25) is 0 Å². The number of nitrogens with one attached hydrogen (secondary N) is 1. The molecular formula is C18H28N2. The summed E-state index contributed by atoms with van der Waals surface area (Å²) < 4.78 is 0. The minimum atomic E-state index is 0.225. The zero-order valence-electron chi connectivity index (χ0n) is 13.1. The number of piperazine rings is 1. The maximum atomic E-state index is 3.72. The maximum absolute atomic E-state index is 3.72. The number of nitrogens with zero attached hydrogens (tertiary/aromatic N) is 1. The van der Waals surface area contributed by atoms with E-state index in [1.807, 2.05) is 0 Å². The van der Waals surface area contributed by atoms with E-state index in [-0.39, 0.29) is 5.54 Å². The molecule has 0 aromatic heterocycles. The van der Waals surface area contributed by atoms with Gasteiger partial charge in [0.1, 0.15) is 0 Å². The fourth-order valence-electron chi connectivity index (χ4n) is 3.53. The Balaban J connectivity index is 1.78. The molecule has 2 atom stereocenters. The van der Waals surface area contributed by atoms with Crippen molar-refractivity contribution in [2.75, 3.05) is 13.1 Å². The number of hydrogen-bond acceptors (Lipinski definition) is 2. The summed E-state index contributed by atoms with van der Waals surface area (Å²) in [5.41, 5.74) is 1.68. The van der Waals surface area contributed by atoms with Crippen LogP contribution in [0.25, 0.3) is 0 Å². The highest BCUT2D eigenvalue weighted by atomic mass is 15.3. The van der Waals surface area contributed by atoms with Gasteiger partial charge in [-0.3, -0.25) is 4.90 Å². The van der Waals surface area contributed by atoms with Crippen molar-refractivity contribution in [3.05, 3.63) is 35.9 Å². The molecule has 3 rings (SSSR count). The van der Waals surface area contributed by atoms with Gasteiger partial charge in [-0.05, 0) is 38.7 Å². The first-order chi connectivity index (χ1) is 9.55. The van der Waals surface area contributed by atoms with Crippen LogP contribution in [0.4, 0.5) is 0 Å². The maximum Gasteiger partial charge on any atom is 0.0476 e. The summed E-state index contributed by atoms with van der Waals surface area (Å²) >= 11 is 0. The fraction of sp³-hybridized carbons (Fsp3) is 0.667. The van der Waals surface area contributed by atoms with E-state index in [4.69, 9.17) is 0 Å². The Bertz CT molecular complexity index is 436. The minimum Gasteiger partial charge on any atom is -0.309 e. The van der Waals surface area contributed by atoms with Crippen LogP contribution >= 0.6 is 0 Å². The molecule has 1 aromatic carbocycles. The highest BCUT2D eigenvalue weighted by Gasteiger charge is 2.37. The van der Waals surface area contributed by atoms with Crippen LogP contribution in [0.1, 0.15) is 51.6 Å². The summed E-state index contributed by atoms with van der Waals surface area (Å²) in [7, 11) is 0. The van der Waals surface area contributed by atoms with Gasteiger partial charge >= 0.3 is 0 Å². The van der Waals surface area contributed by atoms with Gasteiger partial charge in [-0.1, -0.05) is 43.2 Å². The molecule has 1 saturated heterocycles.